The average molecular weight is 446 g/mol. The smallest absolute Gasteiger partial charge is 0.338 e. The molecule has 0 bridgehead atoms. The molecule has 0 radical (unpaired) electrons. The molecule has 1 saturated heterocycles. The summed E-state index contributed by atoms with van der Waals surface area (Å²) < 4.78 is 21.5. The third-order valence-corrected chi connectivity index (χ3v) is 4.69. The second-order valence-corrected chi connectivity index (χ2v) is 6.73. The van der Waals surface area contributed by atoms with Gasteiger partial charge in [0, 0.05) is 37.8 Å². The Bertz CT molecular complexity index is 1010. The van der Waals surface area contributed by atoms with Gasteiger partial charge in [-0.2, -0.15) is 0 Å². The topological polar surface area (TPSA) is 157 Å². The van der Waals surface area contributed by atoms with Crippen molar-refractivity contribution in [3.63, 3.8) is 0 Å². The van der Waals surface area contributed by atoms with Crippen LogP contribution in [-0.2, 0) is 18.9 Å². The van der Waals surface area contributed by atoms with Crippen LogP contribution in [0.2, 0.25) is 0 Å². The number of ether oxygens (including phenoxy) is 4. The highest BCUT2D eigenvalue weighted by Crippen LogP contribution is 2.24. The zero-order valence-electron chi connectivity index (χ0n) is 16.7. The number of nitro benzene ring substituents is 2. The molecule has 1 aliphatic rings. The van der Waals surface area contributed by atoms with Crippen molar-refractivity contribution in [1.29, 1.82) is 0 Å². The minimum absolute atomic E-state index is 0.0740. The van der Waals surface area contributed by atoms with E-state index in [1.165, 1.54) is 55.6 Å². The van der Waals surface area contributed by atoms with Crippen molar-refractivity contribution >= 4 is 23.3 Å². The van der Waals surface area contributed by atoms with Gasteiger partial charge in [-0.25, -0.2) is 9.59 Å². The Balaban J connectivity index is 1.70. The average Bonchev–Trinajstić information content (AvgIpc) is 2.80. The summed E-state index contributed by atoms with van der Waals surface area (Å²) in [6, 6.07) is 9.69. The number of carbonyl (C=O) groups excluding carboxylic acids is 2. The zero-order chi connectivity index (χ0) is 23.3. The van der Waals surface area contributed by atoms with Crippen LogP contribution in [0.1, 0.15) is 27.1 Å². The molecule has 3 atom stereocenters. The molecule has 0 spiro atoms. The number of hydrogen-bond donors (Lipinski definition) is 0. The summed E-state index contributed by atoms with van der Waals surface area (Å²) in [6.07, 6.45) is -2.50. The van der Waals surface area contributed by atoms with Gasteiger partial charge in [0.05, 0.1) is 27.6 Å². The normalized spacial score (nSPS) is 20.2. The largest absolute Gasteiger partial charge is 0.455 e. The monoisotopic (exact) mass is 446 g/mol. The van der Waals surface area contributed by atoms with E-state index in [0.29, 0.717) is 0 Å². The van der Waals surface area contributed by atoms with E-state index in [0.717, 1.165) is 0 Å². The van der Waals surface area contributed by atoms with E-state index in [2.05, 4.69) is 0 Å². The molecule has 0 saturated carbocycles. The number of benzene rings is 2. The Morgan fingerprint density at radius 2 is 1.28 bits per heavy atom. The molecule has 12 nitrogen and oxygen atoms in total. The minimum atomic E-state index is -0.967. The lowest BCUT2D eigenvalue weighted by Crippen LogP contribution is -2.46. The van der Waals surface area contributed by atoms with E-state index in [4.69, 9.17) is 18.9 Å². The van der Waals surface area contributed by atoms with Gasteiger partial charge in [-0.3, -0.25) is 20.2 Å². The van der Waals surface area contributed by atoms with Crippen LogP contribution in [0.4, 0.5) is 11.4 Å². The Kier molecular flexibility index (Phi) is 7.07. The van der Waals surface area contributed by atoms with Crippen molar-refractivity contribution in [2.75, 3.05) is 13.7 Å². The quantitative estimate of drug-likeness (QED) is 0.352. The summed E-state index contributed by atoms with van der Waals surface area (Å²) >= 11 is 0. The van der Waals surface area contributed by atoms with E-state index in [1.54, 1.807) is 0 Å². The molecule has 1 fully saturated rings. The van der Waals surface area contributed by atoms with Crippen molar-refractivity contribution < 1.29 is 38.4 Å². The summed E-state index contributed by atoms with van der Waals surface area (Å²) in [5, 5.41) is 21.5. The maximum atomic E-state index is 12.5. The zero-order valence-corrected chi connectivity index (χ0v) is 16.7. The van der Waals surface area contributed by atoms with E-state index in [9.17, 15) is 29.8 Å². The highest BCUT2D eigenvalue weighted by atomic mass is 16.7. The third-order valence-electron chi connectivity index (χ3n) is 4.69. The second kappa shape index (κ2) is 9.94. The lowest BCUT2D eigenvalue weighted by atomic mass is 10.1. The Morgan fingerprint density at radius 1 is 0.844 bits per heavy atom. The number of hydrogen-bond acceptors (Lipinski definition) is 10. The predicted octanol–water partition coefficient (Wildman–Crippen LogP) is 2.65. The molecule has 2 aromatic rings. The molecule has 0 amide bonds. The van der Waals surface area contributed by atoms with Gasteiger partial charge in [-0.15, -0.1) is 0 Å². The molecule has 3 rings (SSSR count). The molecule has 0 aromatic heterocycles. The van der Waals surface area contributed by atoms with Gasteiger partial charge < -0.3 is 18.9 Å². The Hall–Kier alpha value is -3.90. The summed E-state index contributed by atoms with van der Waals surface area (Å²) in [4.78, 5) is 45.3. The van der Waals surface area contributed by atoms with E-state index in [-0.39, 0.29) is 35.5 Å². The molecule has 1 heterocycles. The minimum Gasteiger partial charge on any atom is -0.455 e. The fraction of sp³-hybridized carbons (Fsp3) is 0.300. The highest BCUT2D eigenvalue weighted by molar-refractivity contribution is 5.90. The first-order valence-electron chi connectivity index (χ1n) is 9.33. The fourth-order valence-corrected chi connectivity index (χ4v) is 2.97. The summed E-state index contributed by atoms with van der Waals surface area (Å²) in [6.45, 7) is -0.116. The SMILES string of the molecule is CO[C@@H]1C[C@H](OC(=O)c2ccc([N+](=O)[O-])cc2)[C@H](OC(=O)c2ccc([N+](=O)[O-])cc2)CO1. The molecular weight excluding hydrogens is 428 g/mol. The van der Waals surface area contributed by atoms with Crippen molar-refractivity contribution in [3.05, 3.63) is 79.9 Å². The maximum absolute atomic E-state index is 12.5. The molecule has 0 aliphatic carbocycles. The van der Waals surface area contributed by atoms with Crippen molar-refractivity contribution in [1.82, 2.24) is 0 Å². The van der Waals surface area contributed by atoms with Crippen LogP contribution in [0.15, 0.2) is 48.5 Å². The van der Waals surface area contributed by atoms with Gasteiger partial charge >= 0.3 is 11.9 Å². The van der Waals surface area contributed by atoms with Crippen LogP contribution < -0.4 is 0 Å². The lowest BCUT2D eigenvalue weighted by molar-refractivity contribution is -0.385. The molecule has 1 aliphatic heterocycles. The molecular formula is C20H18N2O10. The summed E-state index contributed by atoms with van der Waals surface area (Å²) in [5.74, 6) is -1.54. The van der Waals surface area contributed by atoms with E-state index >= 15 is 0 Å². The number of rotatable bonds is 7. The van der Waals surface area contributed by atoms with Crippen LogP contribution in [0.3, 0.4) is 0 Å². The Morgan fingerprint density at radius 3 is 1.69 bits per heavy atom. The molecule has 0 N–H and O–H groups in total. The summed E-state index contributed by atoms with van der Waals surface area (Å²) in [7, 11) is 1.41. The molecule has 2 aromatic carbocycles. The van der Waals surface area contributed by atoms with E-state index in [1.807, 2.05) is 0 Å². The molecule has 12 heteroatoms. The van der Waals surface area contributed by atoms with Crippen LogP contribution in [0.5, 0.6) is 0 Å². The number of nitrogens with zero attached hydrogens (tertiary/aromatic N) is 2. The van der Waals surface area contributed by atoms with E-state index < -0.39 is 40.3 Å². The van der Waals surface area contributed by atoms with Gasteiger partial charge in [0.15, 0.2) is 12.4 Å². The lowest BCUT2D eigenvalue weighted by Gasteiger charge is -2.34. The van der Waals surface area contributed by atoms with Gasteiger partial charge in [0.1, 0.15) is 6.10 Å². The molecule has 32 heavy (non-hydrogen) atoms. The first-order valence-corrected chi connectivity index (χ1v) is 9.33. The van der Waals surface area contributed by atoms with Crippen LogP contribution >= 0.6 is 0 Å². The van der Waals surface area contributed by atoms with Crippen LogP contribution in [0.25, 0.3) is 0 Å². The third kappa shape index (κ3) is 5.42. The number of nitro groups is 2. The second-order valence-electron chi connectivity index (χ2n) is 6.73. The van der Waals surface area contributed by atoms with Gasteiger partial charge in [0.25, 0.3) is 11.4 Å². The van der Waals surface area contributed by atoms with Gasteiger partial charge in [-0.1, -0.05) is 0 Å². The highest BCUT2D eigenvalue weighted by Gasteiger charge is 2.37. The van der Waals surface area contributed by atoms with Crippen LogP contribution in [0, 0.1) is 20.2 Å². The number of esters is 2. The van der Waals surface area contributed by atoms with Crippen LogP contribution in [-0.4, -0.2) is 54.0 Å². The van der Waals surface area contributed by atoms with Crippen molar-refractivity contribution in [2.24, 2.45) is 0 Å². The molecule has 168 valence electrons. The Labute approximate surface area is 180 Å². The predicted molar refractivity (Wildman–Crippen MR) is 106 cm³/mol. The first kappa shape index (κ1) is 22.8. The fourth-order valence-electron chi connectivity index (χ4n) is 2.97. The van der Waals surface area contributed by atoms with Gasteiger partial charge in [0.2, 0.25) is 0 Å². The molecule has 0 unspecified atom stereocenters. The van der Waals surface area contributed by atoms with Crippen molar-refractivity contribution in [3.8, 4) is 0 Å². The number of non-ortho nitro benzene ring substituents is 2. The first-order chi connectivity index (χ1) is 15.3. The van der Waals surface area contributed by atoms with Gasteiger partial charge in [-0.05, 0) is 24.3 Å². The van der Waals surface area contributed by atoms with Crippen molar-refractivity contribution in [2.45, 2.75) is 24.9 Å². The maximum Gasteiger partial charge on any atom is 0.338 e. The standard InChI is InChI=1S/C20H18N2O10/c1-29-18-10-16(31-19(23)12-2-6-14(7-3-12)21(25)26)17(11-30-18)32-20(24)13-4-8-15(9-5-13)22(27)28/h2-9,16-18H,10-11H2,1H3/t16-,17+,18-/m0/s1. The number of methoxy groups -OCH3 is 1. The summed E-state index contributed by atoms with van der Waals surface area (Å²) in [5.41, 5.74) is -0.205. The number of carbonyl (C=O) groups is 2.